The van der Waals surface area contributed by atoms with Crippen LogP contribution in [0.25, 0.3) is 10.9 Å². The monoisotopic (exact) mass is 608 g/mol. The van der Waals surface area contributed by atoms with Crippen LogP contribution in [0, 0.1) is 5.92 Å². The number of aromatic nitrogens is 1. The number of H-pyrrole nitrogens is 1. The highest BCUT2D eigenvalue weighted by Crippen LogP contribution is 2.36. The Morgan fingerprint density at radius 2 is 1.82 bits per heavy atom. The van der Waals surface area contributed by atoms with Gasteiger partial charge in [0, 0.05) is 29.9 Å². The molecule has 0 saturated carbocycles. The van der Waals surface area contributed by atoms with Crippen molar-refractivity contribution < 1.29 is 28.7 Å². The first-order chi connectivity index (χ1) is 21.9. The van der Waals surface area contributed by atoms with Crippen LogP contribution in [0.1, 0.15) is 52.5 Å². The van der Waals surface area contributed by atoms with Gasteiger partial charge in [0.2, 0.25) is 11.8 Å². The predicted octanol–water partition coefficient (Wildman–Crippen LogP) is 4.06. The van der Waals surface area contributed by atoms with E-state index in [0.29, 0.717) is 30.0 Å². The summed E-state index contributed by atoms with van der Waals surface area (Å²) < 4.78 is 11.2. The van der Waals surface area contributed by atoms with E-state index in [4.69, 9.17) is 9.47 Å². The van der Waals surface area contributed by atoms with Gasteiger partial charge in [-0.25, -0.2) is 0 Å². The van der Waals surface area contributed by atoms with E-state index < -0.39 is 23.9 Å². The maximum atomic E-state index is 14.1. The zero-order chi connectivity index (χ0) is 31.3. The van der Waals surface area contributed by atoms with E-state index in [1.54, 1.807) is 13.2 Å². The average molecular weight is 609 g/mol. The summed E-state index contributed by atoms with van der Waals surface area (Å²) in [5.74, 6) is -1.09. The number of fused-ring (bicyclic) bond motifs is 2. The minimum Gasteiger partial charge on any atom is -0.496 e. The number of benzene rings is 3. The standard InChI is InChI=1S/C35H36N4O6/c1-44-31-15-7-14-27-26(31)18-29(37-27)35(43)39-19-24-11-5-6-13-25(24)32(39)34(42)38-28(17-23-12-8-16-36-33(23)41)30(40)21-45-20-22-9-3-2-4-10-22/h2-7,9-11,13-15,18,23,28,32,37H,8,12,16-17,19-21H2,1H3,(H,36,41)(H,38,42). The van der Waals surface area contributed by atoms with Crippen molar-refractivity contribution >= 4 is 34.4 Å². The van der Waals surface area contributed by atoms with Crippen molar-refractivity contribution in [1.82, 2.24) is 20.5 Å². The lowest BCUT2D eigenvalue weighted by Crippen LogP contribution is -2.50. The smallest absolute Gasteiger partial charge is 0.271 e. The van der Waals surface area contributed by atoms with Crippen LogP contribution in [0.15, 0.2) is 78.9 Å². The molecule has 3 heterocycles. The Kier molecular flexibility index (Phi) is 8.93. The van der Waals surface area contributed by atoms with Gasteiger partial charge < -0.3 is 30.0 Å². The number of carbonyl (C=O) groups is 4. The Hall–Kier alpha value is -4.96. The van der Waals surface area contributed by atoms with Crippen LogP contribution in [0.5, 0.6) is 5.75 Å². The number of carbonyl (C=O) groups excluding carboxylic acids is 4. The maximum Gasteiger partial charge on any atom is 0.271 e. The quantitative estimate of drug-likeness (QED) is 0.236. The van der Waals surface area contributed by atoms with E-state index in [-0.39, 0.29) is 43.8 Å². The van der Waals surface area contributed by atoms with E-state index >= 15 is 0 Å². The third kappa shape index (κ3) is 6.46. The van der Waals surface area contributed by atoms with Crippen molar-refractivity contribution in [2.75, 3.05) is 20.3 Å². The number of aromatic amines is 1. The highest BCUT2D eigenvalue weighted by molar-refractivity contribution is 6.03. The molecule has 0 aliphatic carbocycles. The second-order valence-electron chi connectivity index (χ2n) is 11.5. The number of hydrogen-bond donors (Lipinski definition) is 3. The number of ketones is 1. The fraction of sp³-hybridized carbons (Fsp3) is 0.314. The molecule has 1 saturated heterocycles. The predicted molar refractivity (Wildman–Crippen MR) is 167 cm³/mol. The van der Waals surface area contributed by atoms with Crippen LogP contribution in [0.4, 0.5) is 0 Å². The molecule has 0 bridgehead atoms. The van der Waals surface area contributed by atoms with Gasteiger partial charge in [0.15, 0.2) is 5.78 Å². The molecule has 0 spiro atoms. The number of ether oxygens (including phenoxy) is 2. The Bertz CT molecular complexity index is 1720. The molecule has 10 heteroatoms. The van der Waals surface area contributed by atoms with Crippen molar-refractivity contribution in [2.24, 2.45) is 5.92 Å². The summed E-state index contributed by atoms with van der Waals surface area (Å²) in [4.78, 5) is 59.0. The van der Waals surface area contributed by atoms with Gasteiger partial charge in [0.05, 0.1) is 19.8 Å². The molecule has 2 aliphatic rings. The Morgan fingerprint density at radius 3 is 2.62 bits per heavy atom. The number of nitrogens with one attached hydrogen (secondary N) is 3. The summed E-state index contributed by atoms with van der Waals surface area (Å²) in [6, 6.07) is 22.2. The third-order valence-electron chi connectivity index (χ3n) is 8.57. The highest BCUT2D eigenvalue weighted by atomic mass is 16.5. The van der Waals surface area contributed by atoms with E-state index in [1.165, 1.54) is 4.90 Å². The first-order valence-corrected chi connectivity index (χ1v) is 15.2. The van der Waals surface area contributed by atoms with E-state index in [0.717, 1.165) is 28.5 Å². The molecule has 3 N–H and O–H groups in total. The topological polar surface area (TPSA) is 130 Å². The largest absolute Gasteiger partial charge is 0.496 e. The Balaban J connectivity index is 1.24. The molecule has 1 aromatic heterocycles. The summed E-state index contributed by atoms with van der Waals surface area (Å²) in [6.45, 7) is 0.833. The number of Topliss-reactive ketones (excluding diaryl/α,β-unsaturated/α-hetero) is 1. The van der Waals surface area contributed by atoms with Crippen molar-refractivity contribution in [3.05, 3.63) is 101 Å². The normalized spacial score (nSPS) is 18.2. The molecule has 232 valence electrons. The lowest BCUT2D eigenvalue weighted by Gasteiger charge is -2.29. The maximum absolute atomic E-state index is 14.1. The van der Waals surface area contributed by atoms with E-state index in [9.17, 15) is 19.2 Å². The zero-order valence-corrected chi connectivity index (χ0v) is 25.1. The van der Waals surface area contributed by atoms with Crippen LogP contribution >= 0.6 is 0 Å². The van der Waals surface area contributed by atoms with Gasteiger partial charge in [-0.2, -0.15) is 0 Å². The summed E-state index contributed by atoms with van der Waals surface area (Å²) >= 11 is 0. The average Bonchev–Trinajstić information content (AvgIpc) is 3.68. The summed E-state index contributed by atoms with van der Waals surface area (Å²) in [7, 11) is 1.57. The number of methoxy groups -OCH3 is 1. The van der Waals surface area contributed by atoms with Crippen molar-refractivity contribution in [3.63, 3.8) is 0 Å². The molecule has 45 heavy (non-hydrogen) atoms. The number of rotatable bonds is 11. The molecule has 4 aromatic rings. The minimum atomic E-state index is -0.970. The second kappa shape index (κ2) is 13.4. The van der Waals surface area contributed by atoms with Crippen LogP contribution in [0.3, 0.4) is 0 Å². The molecular weight excluding hydrogens is 572 g/mol. The van der Waals surface area contributed by atoms with Gasteiger partial charge in [-0.3, -0.25) is 19.2 Å². The molecule has 2 aliphatic heterocycles. The number of amides is 3. The number of hydrogen-bond acceptors (Lipinski definition) is 6. The first kappa shape index (κ1) is 30.1. The number of piperidine rings is 1. The molecule has 10 nitrogen and oxygen atoms in total. The van der Waals surface area contributed by atoms with Gasteiger partial charge in [-0.15, -0.1) is 0 Å². The van der Waals surface area contributed by atoms with Gasteiger partial charge in [0.1, 0.15) is 24.1 Å². The van der Waals surface area contributed by atoms with Crippen LogP contribution in [0.2, 0.25) is 0 Å². The Labute approximate surface area is 261 Å². The molecule has 1 fully saturated rings. The number of nitrogens with zero attached hydrogens (tertiary/aromatic N) is 1. The molecule has 3 unspecified atom stereocenters. The van der Waals surface area contributed by atoms with Gasteiger partial charge in [-0.05, 0) is 54.2 Å². The van der Waals surface area contributed by atoms with Crippen molar-refractivity contribution in [3.8, 4) is 5.75 Å². The first-order valence-electron chi connectivity index (χ1n) is 15.2. The van der Waals surface area contributed by atoms with E-state index in [2.05, 4.69) is 15.6 Å². The second-order valence-corrected chi connectivity index (χ2v) is 11.5. The molecule has 3 aromatic carbocycles. The van der Waals surface area contributed by atoms with E-state index in [1.807, 2.05) is 72.8 Å². The van der Waals surface area contributed by atoms with Gasteiger partial charge in [0.25, 0.3) is 5.91 Å². The van der Waals surface area contributed by atoms with Gasteiger partial charge >= 0.3 is 0 Å². The van der Waals surface area contributed by atoms with Crippen molar-refractivity contribution in [1.29, 1.82) is 0 Å². The summed E-state index contributed by atoms with van der Waals surface area (Å²) in [6.07, 6.45) is 1.57. The highest BCUT2D eigenvalue weighted by Gasteiger charge is 2.41. The minimum absolute atomic E-state index is 0.129. The Morgan fingerprint density at radius 1 is 1.02 bits per heavy atom. The SMILES string of the molecule is COc1cccc2[nH]c(C(=O)N3Cc4ccccc4C3C(=O)NC(CC3CCCNC3=O)C(=O)COCc3ccccc3)cc12. The summed E-state index contributed by atoms with van der Waals surface area (Å²) in [5.41, 5.74) is 3.52. The fourth-order valence-corrected chi connectivity index (χ4v) is 6.25. The molecule has 0 radical (unpaired) electrons. The molecule has 6 rings (SSSR count). The lowest BCUT2D eigenvalue weighted by atomic mass is 9.90. The zero-order valence-electron chi connectivity index (χ0n) is 25.1. The fourth-order valence-electron chi connectivity index (χ4n) is 6.25. The van der Waals surface area contributed by atoms with Crippen LogP contribution in [-0.2, 0) is 32.3 Å². The van der Waals surface area contributed by atoms with Crippen LogP contribution < -0.4 is 15.4 Å². The summed E-state index contributed by atoms with van der Waals surface area (Å²) in [5, 5.41) is 6.54. The molecule has 3 atom stereocenters. The third-order valence-corrected chi connectivity index (χ3v) is 8.57. The van der Waals surface area contributed by atoms with Crippen molar-refractivity contribution in [2.45, 2.75) is 44.5 Å². The van der Waals surface area contributed by atoms with Crippen LogP contribution in [-0.4, -0.2) is 59.7 Å². The van der Waals surface area contributed by atoms with Gasteiger partial charge in [-0.1, -0.05) is 60.7 Å². The molecular formula is C35H36N4O6. The molecule has 3 amide bonds. The lowest BCUT2D eigenvalue weighted by molar-refractivity contribution is -0.134.